The highest BCUT2D eigenvalue weighted by Gasteiger charge is 2.40. The van der Waals surface area contributed by atoms with Gasteiger partial charge in [-0.25, -0.2) is 0 Å². The molecule has 0 radical (unpaired) electrons. The van der Waals surface area contributed by atoms with Crippen molar-refractivity contribution in [2.24, 2.45) is 0 Å². The predicted molar refractivity (Wildman–Crippen MR) is 73.8 cm³/mol. The fourth-order valence-corrected chi connectivity index (χ4v) is 2.43. The number of aryl methyl sites for hydroxylation is 2. The van der Waals surface area contributed by atoms with Gasteiger partial charge < -0.3 is 5.11 Å². The predicted octanol–water partition coefficient (Wildman–Crippen LogP) is 3.97. The van der Waals surface area contributed by atoms with Gasteiger partial charge in [-0.3, -0.25) is 4.98 Å². The lowest BCUT2D eigenvalue weighted by Gasteiger charge is -2.29. The molecule has 1 atom stereocenters. The number of hydrogen-bond acceptors (Lipinski definition) is 2. The van der Waals surface area contributed by atoms with Crippen LogP contribution in [0, 0.1) is 13.8 Å². The average Bonchev–Trinajstić information content (AvgIpc) is 2.40. The van der Waals surface area contributed by atoms with Crippen molar-refractivity contribution in [3.63, 3.8) is 0 Å². The molecule has 0 spiro atoms. The van der Waals surface area contributed by atoms with Crippen molar-refractivity contribution in [3.05, 3.63) is 64.5 Å². The van der Waals surface area contributed by atoms with Crippen molar-refractivity contribution in [2.75, 3.05) is 0 Å². The highest BCUT2D eigenvalue weighted by Crippen LogP contribution is 2.39. The van der Waals surface area contributed by atoms with E-state index in [4.69, 9.17) is 0 Å². The van der Waals surface area contributed by atoms with Crippen molar-refractivity contribution in [3.8, 4) is 0 Å². The topological polar surface area (TPSA) is 33.1 Å². The molecule has 112 valence electrons. The largest absolute Gasteiger partial charge is 0.416 e. The van der Waals surface area contributed by atoms with Crippen LogP contribution in [0.5, 0.6) is 0 Å². The first-order valence-corrected chi connectivity index (χ1v) is 6.46. The Bertz CT molecular complexity index is 663. The summed E-state index contributed by atoms with van der Waals surface area (Å²) in [6, 6.07) is 6.21. The van der Waals surface area contributed by atoms with E-state index in [9.17, 15) is 18.3 Å². The standard InChI is InChI=1S/C16H16F3NO/c1-10-4-5-11(2)13(8-10)15(3,21)14-9-20-7-6-12(14)16(17,18)19/h4-9,21H,1-3H3. The molecular weight excluding hydrogens is 279 g/mol. The summed E-state index contributed by atoms with van der Waals surface area (Å²) < 4.78 is 39.4. The summed E-state index contributed by atoms with van der Waals surface area (Å²) in [7, 11) is 0. The van der Waals surface area contributed by atoms with Gasteiger partial charge in [0.2, 0.25) is 0 Å². The second-order valence-electron chi connectivity index (χ2n) is 5.31. The maximum atomic E-state index is 13.1. The normalized spacial score (nSPS) is 14.8. The van der Waals surface area contributed by atoms with E-state index in [0.29, 0.717) is 5.56 Å². The second kappa shape index (κ2) is 5.15. The van der Waals surface area contributed by atoms with Crippen molar-refractivity contribution in [1.29, 1.82) is 0 Å². The van der Waals surface area contributed by atoms with Gasteiger partial charge in [-0.15, -0.1) is 0 Å². The van der Waals surface area contributed by atoms with Crippen molar-refractivity contribution in [2.45, 2.75) is 32.5 Å². The van der Waals surface area contributed by atoms with Gasteiger partial charge in [0.05, 0.1) is 5.56 Å². The first kappa shape index (κ1) is 15.5. The third-order valence-corrected chi connectivity index (χ3v) is 3.57. The van der Waals surface area contributed by atoms with E-state index in [0.717, 1.165) is 29.6 Å². The number of hydrogen-bond donors (Lipinski definition) is 1. The zero-order chi connectivity index (χ0) is 15.8. The van der Waals surface area contributed by atoms with Gasteiger partial charge in [-0.05, 0) is 38.0 Å². The molecule has 2 aromatic rings. The molecule has 0 saturated heterocycles. The lowest BCUT2D eigenvalue weighted by Crippen LogP contribution is -2.28. The molecule has 0 amide bonds. The minimum Gasteiger partial charge on any atom is -0.381 e. The van der Waals surface area contributed by atoms with Gasteiger partial charge in [0.25, 0.3) is 0 Å². The van der Waals surface area contributed by atoms with Crippen LogP contribution < -0.4 is 0 Å². The zero-order valence-corrected chi connectivity index (χ0v) is 12.0. The summed E-state index contributed by atoms with van der Waals surface area (Å²) in [5, 5.41) is 10.8. The van der Waals surface area contributed by atoms with Gasteiger partial charge >= 0.3 is 6.18 Å². The molecule has 0 bridgehead atoms. The summed E-state index contributed by atoms with van der Waals surface area (Å²) in [6.45, 7) is 4.95. The molecule has 1 heterocycles. The molecule has 1 N–H and O–H groups in total. The smallest absolute Gasteiger partial charge is 0.381 e. The molecule has 1 unspecified atom stereocenters. The summed E-state index contributed by atoms with van der Waals surface area (Å²) >= 11 is 0. The van der Waals surface area contributed by atoms with E-state index in [-0.39, 0.29) is 5.56 Å². The van der Waals surface area contributed by atoms with Crippen LogP contribution in [0.3, 0.4) is 0 Å². The van der Waals surface area contributed by atoms with Gasteiger partial charge in [0, 0.05) is 18.0 Å². The number of nitrogens with zero attached hydrogens (tertiary/aromatic N) is 1. The van der Waals surface area contributed by atoms with E-state index in [1.54, 1.807) is 19.1 Å². The molecule has 2 rings (SSSR count). The number of pyridine rings is 1. The van der Waals surface area contributed by atoms with Crippen LogP contribution in [0.25, 0.3) is 0 Å². The summed E-state index contributed by atoms with van der Waals surface area (Å²) in [6.07, 6.45) is -2.39. The Hall–Kier alpha value is -1.88. The molecule has 0 saturated carbocycles. The second-order valence-corrected chi connectivity index (χ2v) is 5.31. The minimum absolute atomic E-state index is 0.244. The van der Waals surface area contributed by atoms with E-state index in [2.05, 4.69) is 4.98 Å². The Kier molecular flexibility index (Phi) is 3.80. The first-order valence-electron chi connectivity index (χ1n) is 6.46. The van der Waals surface area contributed by atoms with Crippen LogP contribution in [0.1, 0.15) is 34.7 Å². The lowest BCUT2D eigenvalue weighted by atomic mass is 9.83. The number of benzene rings is 1. The number of rotatable bonds is 2. The third-order valence-electron chi connectivity index (χ3n) is 3.57. The maximum absolute atomic E-state index is 13.1. The molecule has 1 aromatic heterocycles. The summed E-state index contributed by atoms with van der Waals surface area (Å²) in [5.74, 6) is 0. The van der Waals surface area contributed by atoms with E-state index < -0.39 is 17.3 Å². The molecule has 21 heavy (non-hydrogen) atoms. The Balaban J connectivity index is 2.67. The highest BCUT2D eigenvalue weighted by molar-refractivity contribution is 5.44. The quantitative estimate of drug-likeness (QED) is 0.909. The van der Waals surface area contributed by atoms with Crippen molar-refractivity contribution >= 4 is 0 Å². The number of aliphatic hydroxyl groups is 1. The monoisotopic (exact) mass is 295 g/mol. The Morgan fingerprint density at radius 3 is 2.29 bits per heavy atom. The molecule has 1 aromatic carbocycles. The van der Waals surface area contributed by atoms with E-state index >= 15 is 0 Å². The SMILES string of the molecule is Cc1ccc(C)c(C(C)(O)c2cnccc2C(F)(F)F)c1. The highest BCUT2D eigenvalue weighted by atomic mass is 19.4. The van der Waals surface area contributed by atoms with Crippen LogP contribution in [0.2, 0.25) is 0 Å². The van der Waals surface area contributed by atoms with Gasteiger partial charge in [-0.1, -0.05) is 23.8 Å². The Morgan fingerprint density at radius 1 is 1.00 bits per heavy atom. The van der Waals surface area contributed by atoms with Gasteiger partial charge in [0.15, 0.2) is 0 Å². The molecule has 2 nitrogen and oxygen atoms in total. The van der Waals surface area contributed by atoms with Crippen LogP contribution in [0.4, 0.5) is 13.2 Å². The minimum atomic E-state index is -4.54. The average molecular weight is 295 g/mol. The molecule has 0 fully saturated rings. The Labute approximate surface area is 121 Å². The fourth-order valence-electron chi connectivity index (χ4n) is 2.43. The number of halogens is 3. The molecule has 5 heteroatoms. The van der Waals surface area contributed by atoms with Crippen LogP contribution in [0.15, 0.2) is 36.7 Å². The van der Waals surface area contributed by atoms with Crippen molar-refractivity contribution in [1.82, 2.24) is 4.98 Å². The number of aromatic nitrogens is 1. The molecule has 0 aliphatic rings. The van der Waals surface area contributed by atoms with Crippen LogP contribution >= 0.6 is 0 Å². The van der Waals surface area contributed by atoms with Crippen LogP contribution in [-0.4, -0.2) is 10.1 Å². The van der Waals surface area contributed by atoms with Crippen LogP contribution in [-0.2, 0) is 11.8 Å². The first-order chi connectivity index (χ1) is 9.64. The third kappa shape index (κ3) is 2.93. The van der Waals surface area contributed by atoms with Gasteiger partial charge in [-0.2, -0.15) is 13.2 Å². The maximum Gasteiger partial charge on any atom is 0.416 e. The zero-order valence-electron chi connectivity index (χ0n) is 12.0. The van der Waals surface area contributed by atoms with E-state index in [1.807, 2.05) is 13.0 Å². The fraction of sp³-hybridized carbons (Fsp3) is 0.312. The van der Waals surface area contributed by atoms with E-state index in [1.165, 1.54) is 6.92 Å². The van der Waals surface area contributed by atoms with Gasteiger partial charge in [0.1, 0.15) is 5.60 Å². The summed E-state index contributed by atoms with van der Waals surface area (Å²) in [5.41, 5.74) is -0.846. The molecule has 0 aliphatic carbocycles. The Morgan fingerprint density at radius 2 is 1.67 bits per heavy atom. The summed E-state index contributed by atoms with van der Waals surface area (Å²) in [4.78, 5) is 3.74. The number of alkyl halides is 3. The molecular formula is C16H16F3NO. The molecule has 0 aliphatic heterocycles. The lowest BCUT2D eigenvalue weighted by molar-refractivity contribution is -0.140. The van der Waals surface area contributed by atoms with Crippen molar-refractivity contribution < 1.29 is 18.3 Å².